The van der Waals surface area contributed by atoms with Crippen molar-refractivity contribution in [1.29, 1.82) is 0 Å². The molecule has 4 rings (SSSR count). The smallest absolute Gasteiger partial charge is 0.265 e. The van der Waals surface area contributed by atoms with E-state index < -0.39 is 0 Å². The van der Waals surface area contributed by atoms with E-state index in [-0.39, 0.29) is 0 Å². The molecule has 0 spiro atoms. The summed E-state index contributed by atoms with van der Waals surface area (Å²) in [5, 5.41) is 18.3. The summed E-state index contributed by atoms with van der Waals surface area (Å²) in [6.07, 6.45) is 5.31. The Morgan fingerprint density at radius 2 is 1.93 bits per heavy atom. The first kappa shape index (κ1) is 17.2. The lowest BCUT2D eigenvalue weighted by Gasteiger charge is -2.07. The van der Waals surface area contributed by atoms with Crippen LogP contribution in [0.3, 0.4) is 0 Å². The normalized spacial score (nSPS) is 11.1. The number of aromatic nitrogens is 3. The quantitative estimate of drug-likeness (QED) is 0.298. The Hall–Kier alpha value is -3.18. The molecular formula is C22H22N3O2+. The summed E-state index contributed by atoms with van der Waals surface area (Å²) < 4.78 is 6.95. The molecule has 2 heterocycles. The average Bonchev–Trinajstić information content (AvgIpc) is 3.25. The third-order valence-corrected chi connectivity index (χ3v) is 4.65. The van der Waals surface area contributed by atoms with Gasteiger partial charge in [0, 0.05) is 35.2 Å². The zero-order chi connectivity index (χ0) is 18.5. The molecule has 5 heteroatoms. The number of benzene rings is 2. The van der Waals surface area contributed by atoms with Gasteiger partial charge in [-0.25, -0.2) is 0 Å². The number of hydrogen-bond acceptors (Lipinski definition) is 3. The minimum atomic E-state index is 0.639. The van der Waals surface area contributed by atoms with Crippen LogP contribution < -0.4 is 4.73 Å². The van der Waals surface area contributed by atoms with Gasteiger partial charge in [0.15, 0.2) is 0 Å². The topological polar surface area (TPSA) is 62.0 Å². The highest BCUT2D eigenvalue weighted by molar-refractivity contribution is 5.83. The zero-order valence-corrected chi connectivity index (χ0v) is 15.0. The van der Waals surface area contributed by atoms with Gasteiger partial charge in [-0.1, -0.05) is 36.4 Å². The van der Waals surface area contributed by atoms with E-state index >= 15 is 0 Å². The number of pyridine rings is 1. The number of nitrogens with one attached hydrogen (secondary N) is 1. The minimum Gasteiger partial charge on any atom is -0.377 e. The SMILES string of the molecule is O[n+]1ccc(CCCOCc2ccccc2)c2ccc(-c3cc[nH]n3)cc21. The Morgan fingerprint density at radius 3 is 2.74 bits per heavy atom. The number of H-pyrrole nitrogens is 1. The van der Waals surface area contributed by atoms with Crippen LogP contribution in [0.1, 0.15) is 17.5 Å². The van der Waals surface area contributed by atoms with Gasteiger partial charge >= 0.3 is 0 Å². The van der Waals surface area contributed by atoms with Crippen LogP contribution in [0.5, 0.6) is 0 Å². The van der Waals surface area contributed by atoms with Gasteiger partial charge in [0.1, 0.15) is 0 Å². The molecule has 0 aliphatic rings. The van der Waals surface area contributed by atoms with E-state index in [2.05, 4.69) is 22.3 Å². The van der Waals surface area contributed by atoms with Crippen LogP contribution in [0.15, 0.2) is 73.1 Å². The van der Waals surface area contributed by atoms with E-state index in [1.54, 1.807) is 12.4 Å². The van der Waals surface area contributed by atoms with E-state index in [0.29, 0.717) is 13.2 Å². The monoisotopic (exact) mass is 360 g/mol. The van der Waals surface area contributed by atoms with Gasteiger partial charge in [-0.05, 0) is 36.1 Å². The number of aryl methyl sites for hydroxylation is 1. The lowest BCUT2D eigenvalue weighted by atomic mass is 10.0. The van der Waals surface area contributed by atoms with Crippen molar-refractivity contribution >= 4 is 10.9 Å². The van der Waals surface area contributed by atoms with Gasteiger partial charge in [-0.3, -0.25) is 10.3 Å². The van der Waals surface area contributed by atoms with E-state index in [4.69, 9.17) is 4.74 Å². The molecule has 0 atom stereocenters. The molecule has 0 fully saturated rings. The molecule has 0 aliphatic carbocycles. The second kappa shape index (κ2) is 8.01. The van der Waals surface area contributed by atoms with Crippen LogP contribution in [0.4, 0.5) is 0 Å². The van der Waals surface area contributed by atoms with Crippen LogP contribution in [0.25, 0.3) is 22.2 Å². The van der Waals surface area contributed by atoms with Crippen molar-refractivity contribution in [3.05, 3.63) is 84.2 Å². The van der Waals surface area contributed by atoms with E-state index in [1.165, 1.54) is 15.9 Å². The molecule has 0 saturated carbocycles. The summed E-state index contributed by atoms with van der Waals surface area (Å²) in [6, 6.07) is 20.1. The van der Waals surface area contributed by atoms with Gasteiger partial charge < -0.3 is 4.74 Å². The molecule has 2 aromatic heterocycles. The molecule has 5 nitrogen and oxygen atoms in total. The lowest BCUT2D eigenvalue weighted by Crippen LogP contribution is -2.30. The first-order chi connectivity index (χ1) is 13.3. The fraction of sp³-hybridized carbons (Fsp3) is 0.182. The van der Waals surface area contributed by atoms with Gasteiger partial charge in [0.2, 0.25) is 6.20 Å². The van der Waals surface area contributed by atoms with Crippen LogP contribution in [0.2, 0.25) is 0 Å². The average molecular weight is 360 g/mol. The van der Waals surface area contributed by atoms with Gasteiger partial charge in [0.25, 0.3) is 5.52 Å². The van der Waals surface area contributed by atoms with Crippen LogP contribution in [-0.2, 0) is 17.8 Å². The lowest BCUT2D eigenvalue weighted by molar-refractivity contribution is -0.884. The predicted molar refractivity (Wildman–Crippen MR) is 103 cm³/mol. The Kier molecular flexibility index (Phi) is 5.12. The van der Waals surface area contributed by atoms with Crippen LogP contribution >= 0.6 is 0 Å². The Morgan fingerprint density at radius 1 is 1.04 bits per heavy atom. The van der Waals surface area contributed by atoms with E-state index in [9.17, 15) is 5.21 Å². The molecule has 0 saturated heterocycles. The molecule has 0 aliphatic heterocycles. The molecule has 2 aromatic carbocycles. The largest absolute Gasteiger partial charge is 0.377 e. The van der Waals surface area contributed by atoms with Crippen molar-refractivity contribution in [3.63, 3.8) is 0 Å². The van der Waals surface area contributed by atoms with E-state index in [0.717, 1.165) is 35.0 Å². The number of nitrogens with zero attached hydrogens (tertiary/aromatic N) is 2. The maximum Gasteiger partial charge on any atom is 0.265 e. The second-order valence-corrected chi connectivity index (χ2v) is 6.52. The summed E-state index contributed by atoms with van der Waals surface area (Å²) in [4.78, 5) is 0. The summed E-state index contributed by atoms with van der Waals surface area (Å²) in [5.74, 6) is 0. The molecule has 27 heavy (non-hydrogen) atoms. The highest BCUT2D eigenvalue weighted by atomic mass is 16.5. The third kappa shape index (κ3) is 3.99. The molecular weight excluding hydrogens is 338 g/mol. The summed E-state index contributed by atoms with van der Waals surface area (Å²) in [6.45, 7) is 1.34. The zero-order valence-electron chi connectivity index (χ0n) is 15.0. The van der Waals surface area contributed by atoms with E-state index in [1.807, 2.05) is 48.5 Å². The summed E-state index contributed by atoms with van der Waals surface area (Å²) in [5.41, 5.74) is 4.99. The molecule has 0 unspecified atom stereocenters. The van der Waals surface area contributed by atoms with Gasteiger partial charge in [-0.15, -0.1) is 0 Å². The molecule has 0 bridgehead atoms. The van der Waals surface area contributed by atoms with Crippen LogP contribution in [0, 0.1) is 0 Å². The molecule has 4 aromatic rings. The molecule has 2 N–H and O–H groups in total. The number of fused-ring (bicyclic) bond motifs is 1. The number of aromatic amines is 1. The summed E-state index contributed by atoms with van der Waals surface area (Å²) in [7, 11) is 0. The number of hydrogen-bond donors (Lipinski definition) is 2. The van der Waals surface area contributed by atoms with Crippen molar-refractivity contribution in [3.8, 4) is 11.3 Å². The maximum absolute atomic E-state index is 10.2. The highest BCUT2D eigenvalue weighted by Crippen LogP contribution is 2.23. The molecule has 136 valence electrons. The van der Waals surface area contributed by atoms with Crippen LogP contribution in [-0.4, -0.2) is 22.0 Å². The van der Waals surface area contributed by atoms with Crippen molar-refractivity contribution in [2.24, 2.45) is 0 Å². The number of rotatable bonds is 7. The van der Waals surface area contributed by atoms with Gasteiger partial charge in [-0.2, -0.15) is 5.10 Å². The fourth-order valence-electron chi connectivity index (χ4n) is 3.25. The molecule has 0 radical (unpaired) electrons. The summed E-state index contributed by atoms with van der Waals surface area (Å²) >= 11 is 0. The Labute approximate surface area is 157 Å². The maximum atomic E-state index is 10.2. The third-order valence-electron chi connectivity index (χ3n) is 4.65. The second-order valence-electron chi connectivity index (χ2n) is 6.52. The van der Waals surface area contributed by atoms with Gasteiger partial charge in [0.05, 0.1) is 17.7 Å². The fourth-order valence-corrected chi connectivity index (χ4v) is 3.25. The first-order valence-electron chi connectivity index (χ1n) is 9.09. The highest BCUT2D eigenvalue weighted by Gasteiger charge is 2.14. The minimum absolute atomic E-state index is 0.639. The molecule has 0 amide bonds. The van der Waals surface area contributed by atoms with Crippen molar-refractivity contribution in [2.45, 2.75) is 19.4 Å². The van der Waals surface area contributed by atoms with Crippen molar-refractivity contribution in [2.75, 3.05) is 6.61 Å². The number of ether oxygens (including phenoxy) is 1. The van der Waals surface area contributed by atoms with Crippen molar-refractivity contribution in [1.82, 2.24) is 10.2 Å². The Bertz CT molecular complexity index is 1010. The standard InChI is InChI=1S/C22H21N3O2/c26-25-13-11-18(7-4-14-27-16-17-5-2-1-3-6-17)20-9-8-19(15-22(20)25)21-10-12-23-24-21/h1-3,5-6,8-13,15,26H,4,7,14,16H2/p+1. The van der Waals surface area contributed by atoms with Crippen molar-refractivity contribution < 1.29 is 14.7 Å². The Balaban J connectivity index is 1.43. The predicted octanol–water partition coefficient (Wildman–Crippen LogP) is 3.90. The first-order valence-corrected chi connectivity index (χ1v) is 9.09.